The second kappa shape index (κ2) is 9.30. The van der Waals surface area contributed by atoms with Gasteiger partial charge in [-0.1, -0.05) is 12.8 Å². The first-order valence-electron chi connectivity index (χ1n) is 13.4. The van der Waals surface area contributed by atoms with Crippen LogP contribution in [0.2, 0.25) is 0 Å². The normalized spacial score (nSPS) is 26.6. The number of fused-ring (bicyclic) bond motifs is 2. The van der Waals surface area contributed by atoms with Gasteiger partial charge in [0.2, 0.25) is 5.92 Å². The molecule has 12 heteroatoms. The Balaban J connectivity index is 1.32. The number of hydrogen-bond acceptors (Lipinski definition) is 7. The molecule has 3 aromatic rings. The number of H-pyrrole nitrogens is 1. The molecule has 3 aliphatic rings. The van der Waals surface area contributed by atoms with Crippen molar-refractivity contribution in [3.05, 3.63) is 46.4 Å². The number of hydrogen-bond donors (Lipinski definition) is 4. The van der Waals surface area contributed by atoms with Gasteiger partial charge in [0.15, 0.2) is 5.82 Å². The molecule has 1 aromatic carbocycles. The second-order valence-electron chi connectivity index (χ2n) is 11.3. The number of halogens is 2. The number of benzene rings is 1. The monoisotopic (exact) mass is 558 g/mol. The van der Waals surface area contributed by atoms with Gasteiger partial charge in [-0.15, -0.1) is 10.8 Å². The lowest BCUT2D eigenvalue weighted by Crippen LogP contribution is -2.49. The van der Waals surface area contributed by atoms with Crippen LogP contribution in [0.1, 0.15) is 69.9 Å². The molecule has 0 bridgehead atoms. The number of nitriles is 1. The molecule has 0 radical (unpaired) electrons. The summed E-state index contributed by atoms with van der Waals surface area (Å²) < 4.78 is 53.5. The minimum atomic E-state index is -3.34. The average Bonchev–Trinajstić information content (AvgIpc) is 3.41. The zero-order chi connectivity index (χ0) is 27.6. The van der Waals surface area contributed by atoms with E-state index < -0.39 is 22.2 Å². The molecule has 39 heavy (non-hydrogen) atoms. The molecule has 2 saturated carbocycles. The van der Waals surface area contributed by atoms with Crippen molar-refractivity contribution >= 4 is 33.2 Å². The molecular formula is C27H32F2N6O3S. The molecule has 0 spiro atoms. The molecule has 2 aromatic heterocycles. The predicted molar refractivity (Wildman–Crippen MR) is 145 cm³/mol. The summed E-state index contributed by atoms with van der Waals surface area (Å²) >= 11 is 0. The summed E-state index contributed by atoms with van der Waals surface area (Å²) in [6.07, 6.45) is 4.93. The van der Waals surface area contributed by atoms with E-state index in [0.717, 1.165) is 25.7 Å². The number of nitrogens with zero attached hydrogens (tertiary/aromatic N) is 4. The zero-order valence-corrected chi connectivity index (χ0v) is 22.5. The first-order chi connectivity index (χ1) is 18.5. The van der Waals surface area contributed by atoms with Gasteiger partial charge in [-0.05, 0) is 62.4 Å². The molecule has 2 aliphatic carbocycles. The SMILES string of the molecule is CC1(N2Cc3cc(Nc4nn([C@H]5CCCC[C@@H]5C#N)c5cc[nH]c(=O)c45)ccc3S2(O)O)CCC(F)(F)CC1. The third-order valence-corrected chi connectivity index (χ3v) is 10.9. The summed E-state index contributed by atoms with van der Waals surface area (Å²) in [6.45, 7) is 2.04. The van der Waals surface area contributed by atoms with Gasteiger partial charge in [-0.25, -0.2) is 8.78 Å². The lowest BCUT2D eigenvalue weighted by molar-refractivity contribution is -0.0660. The topological polar surface area (TPSA) is 130 Å². The molecular weight excluding hydrogens is 526 g/mol. The van der Waals surface area contributed by atoms with E-state index in [1.807, 2.05) is 6.92 Å². The van der Waals surface area contributed by atoms with Gasteiger partial charge in [-0.3, -0.25) is 18.6 Å². The van der Waals surface area contributed by atoms with E-state index in [4.69, 9.17) is 5.10 Å². The summed E-state index contributed by atoms with van der Waals surface area (Å²) in [6, 6.07) is 9.21. The van der Waals surface area contributed by atoms with Crippen LogP contribution in [0, 0.1) is 17.2 Å². The van der Waals surface area contributed by atoms with E-state index in [9.17, 15) is 27.9 Å². The molecule has 0 amide bonds. The summed E-state index contributed by atoms with van der Waals surface area (Å²) in [4.78, 5) is 16.0. The van der Waals surface area contributed by atoms with Gasteiger partial charge in [0, 0.05) is 36.8 Å². The Labute approximate surface area is 226 Å². The van der Waals surface area contributed by atoms with Crippen molar-refractivity contribution in [2.24, 2.45) is 5.92 Å². The molecule has 1 aliphatic heterocycles. The third kappa shape index (κ3) is 4.41. The summed E-state index contributed by atoms with van der Waals surface area (Å²) in [5.41, 5.74) is 0.896. The average molecular weight is 559 g/mol. The highest BCUT2D eigenvalue weighted by Crippen LogP contribution is 2.64. The van der Waals surface area contributed by atoms with Crippen LogP contribution in [-0.4, -0.2) is 39.6 Å². The molecule has 0 saturated heterocycles. The van der Waals surface area contributed by atoms with Crippen LogP contribution in [0.25, 0.3) is 10.9 Å². The van der Waals surface area contributed by atoms with E-state index in [1.54, 1.807) is 39.4 Å². The minimum Gasteiger partial charge on any atom is -0.338 e. The van der Waals surface area contributed by atoms with Crippen molar-refractivity contribution < 1.29 is 17.9 Å². The fourth-order valence-corrected chi connectivity index (χ4v) is 8.52. The van der Waals surface area contributed by atoms with E-state index >= 15 is 0 Å². The summed E-state index contributed by atoms with van der Waals surface area (Å²) in [5, 5.41) is 18.1. The van der Waals surface area contributed by atoms with Crippen molar-refractivity contribution in [3.8, 4) is 6.07 Å². The van der Waals surface area contributed by atoms with Gasteiger partial charge >= 0.3 is 0 Å². The Kier molecular flexibility index (Phi) is 6.26. The Bertz CT molecular complexity index is 1520. The fourth-order valence-electron chi connectivity index (χ4n) is 6.44. The summed E-state index contributed by atoms with van der Waals surface area (Å²) in [7, 11) is -3.34. The largest absolute Gasteiger partial charge is 0.338 e. The van der Waals surface area contributed by atoms with E-state index in [2.05, 4.69) is 16.4 Å². The zero-order valence-electron chi connectivity index (χ0n) is 21.7. The summed E-state index contributed by atoms with van der Waals surface area (Å²) in [5.74, 6) is -2.55. The second-order valence-corrected chi connectivity index (χ2v) is 13.2. The fraction of sp³-hybridized carbons (Fsp3) is 0.519. The Morgan fingerprint density at radius 3 is 2.67 bits per heavy atom. The molecule has 4 N–H and O–H groups in total. The van der Waals surface area contributed by atoms with Gasteiger partial charge in [0.25, 0.3) is 5.56 Å². The van der Waals surface area contributed by atoms with Crippen LogP contribution in [0.3, 0.4) is 0 Å². The predicted octanol–water partition coefficient (Wildman–Crippen LogP) is 6.53. The maximum absolute atomic E-state index is 13.9. The van der Waals surface area contributed by atoms with Gasteiger partial charge in [-0.2, -0.15) is 14.7 Å². The number of alkyl halides is 2. The lowest BCUT2D eigenvalue weighted by atomic mass is 9.81. The van der Waals surface area contributed by atoms with Crippen LogP contribution in [0.5, 0.6) is 0 Å². The maximum atomic E-state index is 13.9. The van der Waals surface area contributed by atoms with Gasteiger partial charge in [0.1, 0.15) is 5.39 Å². The highest BCUT2D eigenvalue weighted by Gasteiger charge is 2.50. The number of pyridine rings is 1. The quantitative estimate of drug-likeness (QED) is 0.286. The van der Waals surface area contributed by atoms with Crippen molar-refractivity contribution in [3.63, 3.8) is 0 Å². The van der Waals surface area contributed by atoms with Crippen LogP contribution in [0.4, 0.5) is 20.3 Å². The highest BCUT2D eigenvalue weighted by atomic mass is 32.3. The van der Waals surface area contributed by atoms with Crippen molar-refractivity contribution in [2.75, 3.05) is 5.32 Å². The Morgan fingerprint density at radius 1 is 1.18 bits per heavy atom. The van der Waals surface area contributed by atoms with Crippen LogP contribution >= 0.6 is 10.8 Å². The van der Waals surface area contributed by atoms with Crippen LogP contribution in [0.15, 0.2) is 40.2 Å². The minimum absolute atomic E-state index is 0.131. The first-order valence-corrected chi connectivity index (χ1v) is 14.9. The number of nitrogens with one attached hydrogen (secondary N) is 2. The number of aromatic nitrogens is 3. The van der Waals surface area contributed by atoms with E-state index in [1.165, 1.54) is 0 Å². The van der Waals surface area contributed by atoms with E-state index in [-0.39, 0.29) is 49.7 Å². The highest BCUT2D eigenvalue weighted by molar-refractivity contribution is 8.22. The lowest BCUT2D eigenvalue weighted by Gasteiger charge is -2.50. The third-order valence-electron chi connectivity index (χ3n) is 8.74. The molecule has 2 atom stereocenters. The number of aromatic amines is 1. The molecule has 9 nitrogen and oxygen atoms in total. The van der Waals surface area contributed by atoms with Gasteiger partial charge < -0.3 is 10.3 Å². The van der Waals surface area contributed by atoms with Crippen LogP contribution < -0.4 is 10.9 Å². The number of rotatable bonds is 4. The number of anilines is 2. The Hall–Kier alpha value is -2.98. The van der Waals surface area contributed by atoms with Gasteiger partial charge in [0.05, 0.1) is 28.4 Å². The van der Waals surface area contributed by atoms with Crippen molar-refractivity contribution in [2.45, 2.75) is 87.2 Å². The molecule has 208 valence electrons. The first kappa shape index (κ1) is 26.3. The smallest absolute Gasteiger partial charge is 0.261 e. The Morgan fingerprint density at radius 2 is 1.92 bits per heavy atom. The maximum Gasteiger partial charge on any atom is 0.261 e. The van der Waals surface area contributed by atoms with Crippen LogP contribution in [-0.2, 0) is 6.54 Å². The molecule has 3 heterocycles. The van der Waals surface area contributed by atoms with Crippen molar-refractivity contribution in [1.29, 1.82) is 5.26 Å². The molecule has 0 unspecified atom stereocenters. The molecule has 6 rings (SSSR count). The van der Waals surface area contributed by atoms with Crippen molar-refractivity contribution in [1.82, 2.24) is 19.1 Å². The molecule has 2 fully saturated rings. The van der Waals surface area contributed by atoms with E-state index in [0.29, 0.717) is 32.9 Å². The standard InChI is InChI=1S/C27H32F2N6O3S/c1-26(9-11-27(28,29)12-10-26)34-16-18-14-19(6-7-22(18)39(34,37)38)32-24-23-21(8-13-31-25(23)36)35(33-24)20-5-3-2-4-17(20)15-30/h6-8,13-14,17,20,37-38H,2-5,9-12,16H2,1H3,(H,31,36)(H,32,33)/t17-,20+/m1/s1.